The van der Waals surface area contributed by atoms with E-state index in [4.69, 9.17) is 0 Å². The summed E-state index contributed by atoms with van der Waals surface area (Å²) < 4.78 is 15.0. The van der Waals surface area contributed by atoms with Crippen LogP contribution in [-0.2, 0) is 9.09 Å². The molecular weight excluding hydrogens is 165 g/mol. The van der Waals surface area contributed by atoms with Crippen molar-refractivity contribution < 1.29 is 9.09 Å². The maximum absolute atomic E-state index is 10.6. The Kier molecular flexibility index (Phi) is 6.83. The number of rotatable bonds is 2. The zero-order valence-electron chi connectivity index (χ0n) is 4.83. The summed E-state index contributed by atoms with van der Waals surface area (Å²) in [5, 5.41) is 0. The Morgan fingerprint density at radius 2 is 2.12 bits per heavy atom. The van der Waals surface area contributed by atoms with Crippen LogP contribution in [0.4, 0.5) is 0 Å². The molecule has 0 aromatic heterocycles. The molecule has 0 aromatic carbocycles. The molecule has 0 aliphatic heterocycles. The van der Waals surface area contributed by atoms with Gasteiger partial charge in [0.2, 0.25) is 0 Å². The predicted octanol–water partition coefficient (Wildman–Crippen LogP) is 2.20. The molecule has 0 bridgehead atoms. The molecule has 6 heteroatoms. The van der Waals surface area contributed by atoms with Crippen LogP contribution in [0.3, 0.4) is 0 Å². The van der Waals surface area contributed by atoms with Gasteiger partial charge in [-0.25, -0.2) is 0 Å². The van der Waals surface area contributed by atoms with E-state index in [2.05, 4.69) is 16.8 Å². The molecule has 0 fully saturated rings. The molecule has 0 aliphatic rings. The van der Waals surface area contributed by atoms with E-state index in [0.29, 0.717) is 0 Å². The molecular formula is C2H10NO2PS2. The first kappa shape index (κ1) is 11.6. The highest BCUT2D eigenvalue weighted by atomic mass is 33.1. The molecule has 0 saturated carbocycles. The van der Waals surface area contributed by atoms with Crippen LogP contribution in [0, 0.1) is 0 Å². The Morgan fingerprint density at radius 3 is 2.12 bits per heavy atom. The molecule has 52 valence electrons. The first-order valence-electron chi connectivity index (χ1n) is 1.56. The van der Waals surface area contributed by atoms with Gasteiger partial charge in [-0.15, -0.1) is 0 Å². The SMILES string of the molecule is COP(=O)(S)SC.N. The fourth-order valence-corrected chi connectivity index (χ4v) is 0.671. The Hall–Kier alpha value is 0.850. The predicted molar refractivity (Wildman–Crippen MR) is 42.1 cm³/mol. The minimum absolute atomic E-state index is 0. The monoisotopic (exact) mass is 175 g/mol. The Labute approximate surface area is 58.5 Å². The molecule has 0 radical (unpaired) electrons. The fourth-order valence-electron chi connectivity index (χ4n) is 0.0745. The van der Waals surface area contributed by atoms with E-state index in [1.165, 1.54) is 7.11 Å². The van der Waals surface area contributed by atoms with E-state index in [0.717, 1.165) is 11.4 Å². The summed E-state index contributed by atoms with van der Waals surface area (Å²) in [5.74, 6) is -2.54. The average Bonchev–Trinajstić information content (AvgIpc) is 1.68. The van der Waals surface area contributed by atoms with Crippen LogP contribution < -0.4 is 6.15 Å². The van der Waals surface area contributed by atoms with Crippen molar-refractivity contribution >= 4 is 29.4 Å². The highest BCUT2D eigenvalue weighted by Gasteiger charge is 2.10. The molecule has 0 spiro atoms. The van der Waals surface area contributed by atoms with Crippen molar-refractivity contribution in [2.45, 2.75) is 0 Å². The topological polar surface area (TPSA) is 61.3 Å². The molecule has 0 saturated heterocycles. The van der Waals surface area contributed by atoms with Gasteiger partial charge in [0.25, 0.3) is 0 Å². The van der Waals surface area contributed by atoms with E-state index in [1.54, 1.807) is 6.26 Å². The summed E-state index contributed by atoms with van der Waals surface area (Å²) in [6.07, 6.45) is 1.69. The second-order valence-electron chi connectivity index (χ2n) is 0.834. The maximum atomic E-state index is 10.6. The minimum atomic E-state index is -2.54. The smallest absolute Gasteiger partial charge is 0.309 e. The second-order valence-corrected chi connectivity index (χ2v) is 7.43. The zero-order valence-corrected chi connectivity index (χ0v) is 7.43. The molecule has 0 aliphatic carbocycles. The Morgan fingerprint density at radius 1 is 1.75 bits per heavy atom. The van der Waals surface area contributed by atoms with Crippen LogP contribution in [0.2, 0.25) is 0 Å². The molecule has 0 rings (SSSR count). The standard InChI is InChI=1S/C2H7O2PS2.H3N/c1-4-5(3,6)7-2;/h1-2H3,(H,3,6);1H3. The van der Waals surface area contributed by atoms with Gasteiger partial charge < -0.3 is 10.7 Å². The van der Waals surface area contributed by atoms with Crippen LogP contribution in [0.15, 0.2) is 0 Å². The van der Waals surface area contributed by atoms with Crippen molar-refractivity contribution in [3.05, 3.63) is 0 Å². The summed E-state index contributed by atoms with van der Waals surface area (Å²) in [4.78, 5) is 0. The number of hydrogen-bond donors (Lipinski definition) is 2. The highest BCUT2D eigenvalue weighted by molar-refractivity contribution is 8.84. The van der Waals surface area contributed by atoms with Crippen LogP contribution in [-0.4, -0.2) is 13.4 Å². The van der Waals surface area contributed by atoms with Gasteiger partial charge >= 0.3 is 5.77 Å². The lowest BCUT2D eigenvalue weighted by Gasteiger charge is -2.01. The summed E-state index contributed by atoms with van der Waals surface area (Å²) in [6.45, 7) is 0. The zero-order chi connectivity index (χ0) is 5.91. The van der Waals surface area contributed by atoms with E-state index < -0.39 is 5.77 Å². The van der Waals surface area contributed by atoms with Gasteiger partial charge in [0.1, 0.15) is 0 Å². The third kappa shape index (κ3) is 5.00. The van der Waals surface area contributed by atoms with Crippen molar-refractivity contribution in [1.29, 1.82) is 0 Å². The summed E-state index contributed by atoms with van der Waals surface area (Å²) >= 11 is 4.81. The number of thiol groups is 1. The van der Waals surface area contributed by atoms with Gasteiger partial charge in [0.15, 0.2) is 0 Å². The normalized spacial score (nSPS) is 16.4. The van der Waals surface area contributed by atoms with Crippen LogP contribution in [0.1, 0.15) is 0 Å². The summed E-state index contributed by atoms with van der Waals surface area (Å²) in [7, 11) is 1.38. The molecule has 1 unspecified atom stereocenters. The molecule has 1 atom stereocenters. The molecule has 8 heavy (non-hydrogen) atoms. The van der Waals surface area contributed by atoms with Gasteiger partial charge in [-0.1, -0.05) is 23.6 Å². The minimum Gasteiger partial charge on any atom is -0.344 e. The maximum Gasteiger partial charge on any atom is 0.309 e. The van der Waals surface area contributed by atoms with E-state index in [-0.39, 0.29) is 6.15 Å². The van der Waals surface area contributed by atoms with Crippen molar-refractivity contribution in [2.75, 3.05) is 13.4 Å². The van der Waals surface area contributed by atoms with Crippen molar-refractivity contribution in [2.24, 2.45) is 0 Å². The van der Waals surface area contributed by atoms with Gasteiger partial charge in [-0.3, -0.25) is 4.57 Å². The van der Waals surface area contributed by atoms with Gasteiger partial charge in [0, 0.05) is 7.11 Å². The average molecular weight is 175 g/mol. The van der Waals surface area contributed by atoms with Gasteiger partial charge in [-0.2, -0.15) is 0 Å². The quantitative estimate of drug-likeness (QED) is 0.499. The lowest BCUT2D eigenvalue weighted by Crippen LogP contribution is -1.65. The fraction of sp³-hybridized carbons (Fsp3) is 1.00. The third-order valence-electron chi connectivity index (χ3n) is 0.461. The largest absolute Gasteiger partial charge is 0.344 e. The van der Waals surface area contributed by atoms with Crippen LogP contribution >= 0.6 is 29.4 Å². The van der Waals surface area contributed by atoms with Crippen molar-refractivity contribution in [3.63, 3.8) is 0 Å². The Bertz CT molecular complexity index is 90.0. The van der Waals surface area contributed by atoms with Crippen LogP contribution in [0.5, 0.6) is 0 Å². The van der Waals surface area contributed by atoms with E-state index in [1.807, 2.05) is 0 Å². The van der Waals surface area contributed by atoms with Crippen molar-refractivity contribution in [3.8, 4) is 0 Å². The first-order valence-corrected chi connectivity index (χ1v) is 6.17. The first-order chi connectivity index (χ1) is 3.12. The van der Waals surface area contributed by atoms with E-state index >= 15 is 0 Å². The molecule has 0 amide bonds. The van der Waals surface area contributed by atoms with Crippen molar-refractivity contribution in [1.82, 2.24) is 6.15 Å². The molecule has 0 aromatic rings. The Balaban J connectivity index is 0. The highest BCUT2D eigenvalue weighted by Crippen LogP contribution is 2.61. The molecule has 0 heterocycles. The second kappa shape index (κ2) is 4.70. The molecule has 3 N–H and O–H groups in total. The lowest BCUT2D eigenvalue weighted by molar-refractivity contribution is 0.424. The third-order valence-corrected chi connectivity index (χ3v) is 5.18. The summed E-state index contributed by atoms with van der Waals surface area (Å²) in [6, 6.07) is 0. The van der Waals surface area contributed by atoms with E-state index in [9.17, 15) is 4.57 Å². The lowest BCUT2D eigenvalue weighted by atomic mass is 11.8. The van der Waals surface area contributed by atoms with Gasteiger partial charge in [-0.05, 0) is 6.26 Å². The van der Waals surface area contributed by atoms with Gasteiger partial charge in [0.05, 0.1) is 0 Å². The summed E-state index contributed by atoms with van der Waals surface area (Å²) in [5.41, 5.74) is 0. The van der Waals surface area contributed by atoms with Crippen LogP contribution in [0.25, 0.3) is 0 Å². The molecule has 3 nitrogen and oxygen atoms in total. The number of hydrogen-bond acceptors (Lipinski definition) is 4.